The molecule has 0 aliphatic carbocycles. The number of aromatic nitrogens is 5. The average Bonchev–Trinajstić information content (AvgIpc) is 3.42. The molecule has 0 radical (unpaired) electrons. The largest absolute Gasteiger partial charge is 0.301 e. The summed E-state index contributed by atoms with van der Waals surface area (Å²) in [5.74, 6) is 0.0426. The molecule has 0 atom stereocenters. The van der Waals surface area contributed by atoms with Crippen LogP contribution in [0.4, 0.5) is 5.13 Å². The standard InChI is InChI=1S/C20H14N6OS2/c27-16(22-19-21-10-11-28-19)12-29-20-24-23-18-15-9-5-4-8-14(15)17(25-26(18)20)13-6-2-1-3-7-13/h1-11H,12H2,(H,21,22,27). The van der Waals surface area contributed by atoms with Crippen molar-refractivity contribution in [2.24, 2.45) is 0 Å². The number of fused-ring (bicyclic) bond motifs is 3. The van der Waals surface area contributed by atoms with Crippen LogP contribution in [0.5, 0.6) is 0 Å². The first-order valence-electron chi connectivity index (χ1n) is 8.81. The molecule has 1 amide bonds. The number of nitrogens with one attached hydrogen (secondary N) is 1. The third-order valence-corrected chi connectivity index (χ3v) is 5.90. The smallest absolute Gasteiger partial charge is 0.236 e. The van der Waals surface area contributed by atoms with Crippen LogP contribution in [-0.4, -0.2) is 36.5 Å². The fraction of sp³-hybridized carbons (Fsp3) is 0.0500. The molecule has 5 aromatic rings. The second kappa shape index (κ2) is 7.61. The number of carbonyl (C=O) groups excluding carboxylic acids is 1. The average molecular weight is 419 g/mol. The molecule has 0 bridgehead atoms. The minimum atomic E-state index is -0.147. The summed E-state index contributed by atoms with van der Waals surface area (Å²) in [6.07, 6.45) is 1.65. The first kappa shape index (κ1) is 17.8. The van der Waals surface area contributed by atoms with Crippen molar-refractivity contribution in [3.8, 4) is 11.3 Å². The summed E-state index contributed by atoms with van der Waals surface area (Å²) in [5.41, 5.74) is 2.53. The van der Waals surface area contributed by atoms with Gasteiger partial charge in [-0.25, -0.2) is 4.98 Å². The second-order valence-corrected chi connectivity index (χ2v) is 7.99. The SMILES string of the molecule is O=C(CSc1nnc2c3ccccc3c(-c3ccccc3)nn12)Nc1nccs1. The number of hydrogen-bond acceptors (Lipinski definition) is 7. The number of anilines is 1. The van der Waals surface area contributed by atoms with Gasteiger partial charge in [-0.15, -0.1) is 21.5 Å². The van der Waals surface area contributed by atoms with Crippen molar-refractivity contribution < 1.29 is 4.79 Å². The predicted octanol–water partition coefficient (Wildman–Crippen LogP) is 4.13. The Morgan fingerprint density at radius 1 is 1.03 bits per heavy atom. The van der Waals surface area contributed by atoms with Crippen molar-refractivity contribution >= 4 is 50.6 Å². The van der Waals surface area contributed by atoms with Crippen LogP contribution in [0, 0.1) is 0 Å². The van der Waals surface area contributed by atoms with E-state index < -0.39 is 0 Å². The van der Waals surface area contributed by atoms with E-state index in [0.717, 1.165) is 22.0 Å². The summed E-state index contributed by atoms with van der Waals surface area (Å²) in [5, 5.41) is 21.1. The summed E-state index contributed by atoms with van der Waals surface area (Å²) in [6.45, 7) is 0. The molecule has 7 nitrogen and oxygen atoms in total. The minimum Gasteiger partial charge on any atom is -0.301 e. The lowest BCUT2D eigenvalue weighted by Gasteiger charge is -2.08. The molecule has 0 unspecified atom stereocenters. The molecule has 0 saturated carbocycles. The molecule has 0 saturated heterocycles. The van der Waals surface area contributed by atoms with E-state index in [-0.39, 0.29) is 11.7 Å². The molecule has 0 spiro atoms. The number of amides is 1. The molecule has 29 heavy (non-hydrogen) atoms. The molecular formula is C20H14N6OS2. The maximum absolute atomic E-state index is 12.2. The summed E-state index contributed by atoms with van der Waals surface area (Å²) in [4.78, 5) is 16.3. The number of thiazole rings is 1. The van der Waals surface area contributed by atoms with Crippen LogP contribution in [0.1, 0.15) is 0 Å². The maximum atomic E-state index is 12.2. The molecule has 3 aromatic heterocycles. The molecule has 0 fully saturated rings. The molecule has 5 rings (SSSR count). The van der Waals surface area contributed by atoms with Gasteiger partial charge in [-0.3, -0.25) is 4.79 Å². The number of carbonyl (C=O) groups is 1. The van der Waals surface area contributed by atoms with Crippen LogP contribution in [0.15, 0.2) is 71.3 Å². The van der Waals surface area contributed by atoms with Crippen molar-refractivity contribution in [2.45, 2.75) is 5.16 Å². The first-order valence-corrected chi connectivity index (χ1v) is 10.7. The summed E-state index contributed by atoms with van der Waals surface area (Å²) in [6, 6.07) is 18.0. The van der Waals surface area contributed by atoms with Gasteiger partial charge in [-0.05, 0) is 0 Å². The van der Waals surface area contributed by atoms with Gasteiger partial charge in [0.2, 0.25) is 11.1 Å². The normalized spacial score (nSPS) is 11.2. The van der Waals surface area contributed by atoms with Crippen molar-refractivity contribution in [3.05, 3.63) is 66.2 Å². The van der Waals surface area contributed by atoms with Crippen LogP contribution in [-0.2, 0) is 4.79 Å². The van der Waals surface area contributed by atoms with Crippen LogP contribution in [0.25, 0.3) is 27.7 Å². The summed E-state index contributed by atoms with van der Waals surface area (Å²) >= 11 is 2.67. The van der Waals surface area contributed by atoms with Gasteiger partial charge < -0.3 is 5.32 Å². The molecule has 9 heteroatoms. The minimum absolute atomic E-state index is 0.147. The van der Waals surface area contributed by atoms with E-state index in [0.29, 0.717) is 15.9 Å². The van der Waals surface area contributed by atoms with Crippen LogP contribution < -0.4 is 5.32 Å². The molecule has 3 heterocycles. The number of rotatable bonds is 5. The van der Waals surface area contributed by atoms with Crippen molar-refractivity contribution in [1.82, 2.24) is 24.8 Å². The highest BCUT2D eigenvalue weighted by atomic mass is 32.2. The molecular weight excluding hydrogens is 404 g/mol. The second-order valence-electron chi connectivity index (χ2n) is 6.15. The zero-order valence-electron chi connectivity index (χ0n) is 15.0. The molecule has 0 aliphatic rings. The van der Waals surface area contributed by atoms with Gasteiger partial charge in [0.05, 0.1) is 11.4 Å². The van der Waals surface area contributed by atoms with E-state index in [4.69, 9.17) is 5.10 Å². The van der Waals surface area contributed by atoms with Gasteiger partial charge in [0.25, 0.3) is 0 Å². The fourth-order valence-electron chi connectivity index (χ4n) is 3.03. The van der Waals surface area contributed by atoms with Crippen molar-refractivity contribution in [2.75, 3.05) is 11.1 Å². The molecule has 1 N–H and O–H groups in total. The van der Waals surface area contributed by atoms with Gasteiger partial charge in [-0.1, -0.05) is 66.4 Å². The lowest BCUT2D eigenvalue weighted by molar-refractivity contribution is -0.113. The Balaban J connectivity index is 1.52. The Labute approximate surface area is 173 Å². The van der Waals surface area contributed by atoms with E-state index in [1.54, 1.807) is 10.7 Å². The third-order valence-electron chi connectivity index (χ3n) is 4.29. The first-order chi connectivity index (χ1) is 14.3. The van der Waals surface area contributed by atoms with E-state index in [9.17, 15) is 4.79 Å². The highest BCUT2D eigenvalue weighted by Crippen LogP contribution is 2.30. The third kappa shape index (κ3) is 3.45. The van der Waals surface area contributed by atoms with E-state index >= 15 is 0 Å². The molecule has 142 valence electrons. The fourth-order valence-corrected chi connectivity index (χ4v) is 4.26. The van der Waals surface area contributed by atoms with Gasteiger partial charge >= 0.3 is 0 Å². The monoisotopic (exact) mass is 418 g/mol. The van der Waals surface area contributed by atoms with Crippen molar-refractivity contribution in [1.29, 1.82) is 0 Å². The zero-order chi connectivity index (χ0) is 19.6. The quantitative estimate of drug-likeness (QED) is 0.432. The number of benzene rings is 2. The van der Waals surface area contributed by atoms with Crippen LogP contribution in [0.3, 0.4) is 0 Å². The van der Waals surface area contributed by atoms with Gasteiger partial charge in [0.15, 0.2) is 10.8 Å². The highest BCUT2D eigenvalue weighted by Gasteiger charge is 2.16. The zero-order valence-corrected chi connectivity index (χ0v) is 16.7. The molecule has 0 aliphatic heterocycles. The van der Waals surface area contributed by atoms with Crippen LogP contribution >= 0.6 is 23.1 Å². The Morgan fingerprint density at radius 3 is 2.62 bits per heavy atom. The maximum Gasteiger partial charge on any atom is 0.236 e. The van der Waals surface area contributed by atoms with Crippen LogP contribution in [0.2, 0.25) is 0 Å². The number of hydrogen-bond donors (Lipinski definition) is 1. The lowest BCUT2D eigenvalue weighted by atomic mass is 10.1. The lowest BCUT2D eigenvalue weighted by Crippen LogP contribution is -2.14. The Kier molecular flexibility index (Phi) is 4.66. The van der Waals surface area contributed by atoms with Gasteiger partial charge in [0.1, 0.15) is 0 Å². The van der Waals surface area contributed by atoms with Crippen molar-refractivity contribution in [3.63, 3.8) is 0 Å². The number of nitrogens with zero attached hydrogens (tertiary/aromatic N) is 5. The Hall–Kier alpha value is -3.30. The topological polar surface area (TPSA) is 85.1 Å². The van der Waals surface area contributed by atoms with Gasteiger partial charge in [-0.2, -0.15) is 9.61 Å². The Bertz CT molecular complexity index is 1300. The Morgan fingerprint density at radius 2 is 1.83 bits per heavy atom. The predicted molar refractivity (Wildman–Crippen MR) is 115 cm³/mol. The van der Waals surface area contributed by atoms with E-state index in [2.05, 4.69) is 20.5 Å². The van der Waals surface area contributed by atoms with E-state index in [1.807, 2.05) is 60.0 Å². The summed E-state index contributed by atoms with van der Waals surface area (Å²) < 4.78 is 1.71. The summed E-state index contributed by atoms with van der Waals surface area (Å²) in [7, 11) is 0. The van der Waals surface area contributed by atoms with E-state index in [1.165, 1.54) is 23.1 Å². The van der Waals surface area contributed by atoms with Gasteiger partial charge in [0, 0.05) is 27.9 Å². The highest BCUT2D eigenvalue weighted by molar-refractivity contribution is 7.99. The number of thioether (sulfide) groups is 1. The molecule has 2 aromatic carbocycles.